The molecule has 0 aromatic heterocycles. The van der Waals surface area contributed by atoms with Crippen LogP contribution in [0, 0.1) is 5.92 Å². The van der Waals surface area contributed by atoms with Crippen molar-refractivity contribution in [1.82, 2.24) is 0 Å². The number of aliphatic carboxylic acids is 1. The van der Waals surface area contributed by atoms with Crippen molar-refractivity contribution in [2.45, 2.75) is 51.4 Å². The van der Waals surface area contributed by atoms with Gasteiger partial charge in [0.25, 0.3) is 0 Å². The lowest BCUT2D eigenvalue weighted by Crippen LogP contribution is -2.08. The number of carboxylic acid groups (broad SMARTS) is 1. The van der Waals surface area contributed by atoms with E-state index in [9.17, 15) is 4.79 Å². The number of carboxylic acids is 1. The molecule has 0 spiro atoms. The number of halogens is 1. The molecule has 0 saturated heterocycles. The van der Waals surface area contributed by atoms with Crippen molar-refractivity contribution in [3.05, 3.63) is 34.3 Å². The quantitative estimate of drug-likeness (QED) is 0.811. The fourth-order valence-corrected chi connectivity index (χ4v) is 3.01. The number of rotatable bonds is 6. The summed E-state index contributed by atoms with van der Waals surface area (Å²) in [5, 5.41) is 9.82. The molecule has 1 N–H and O–H groups in total. The predicted octanol–water partition coefficient (Wildman–Crippen LogP) is 4.82. The molecular weight excluding hydrogens is 260 g/mol. The summed E-state index contributed by atoms with van der Waals surface area (Å²) in [4.78, 5) is 11.0. The summed E-state index contributed by atoms with van der Waals surface area (Å²) in [6, 6.07) is 6.12. The predicted molar refractivity (Wildman–Crippen MR) is 77.9 cm³/mol. The van der Waals surface area contributed by atoms with E-state index in [-0.39, 0.29) is 12.3 Å². The largest absolute Gasteiger partial charge is 0.481 e. The molecule has 2 nitrogen and oxygen atoms in total. The molecule has 1 aliphatic carbocycles. The molecule has 1 aromatic carbocycles. The van der Waals surface area contributed by atoms with Gasteiger partial charge in [-0.2, -0.15) is 0 Å². The summed E-state index contributed by atoms with van der Waals surface area (Å²) < 4.78 is 0. The maximum Gasteiger partial charge on any atom is 0.303 e. The third-order valence-corrected chi connectivity index (χ3v) is 4.51. The van der Waals surface area contributed by atoms with Gasteiger partial charge in [0.1, 0.15) is 0 Å². The van der Waals surface area contributed by atoms with Crippen LogP contribution in [0.25, 0.3) is 0 Å². The highest BCUT2D eigenvalue weighted by atomic mass is 35.5. The van der Waals surface area contributed by atoms with Crippen molar-refractivity contribution in [2.24, 2.45) is 5.92 Å². The van der Waals surface area contributed by atoms with Gasteiger partial charge in [-0.25, -0.2) is 0 Å². The zero-order valence-corrected chi connectivity index (χ0v) is 12.3. The van der Waals surface area contributed by atoms with E-state index in [0.717, 1.165) is 35.4 Å². The van der Waals surface area contributed by atoms with Crippen molar-refractivity contribution in [1.29, 1.82) is 0 Å². The molecule has 0 aliphatic heterocycles. The van der Waals surface area contributed by atoms with E-state index in [0.29, 0.717) is 11.8 Å². The van der Waals surface area contributed by atoms with Crippen LogP contribution >= 0.6 is 11.6 Å². The molecule has 0 bridgehead atoms. The Hall–Kier alpha value is -1.02. The van der Waals surface area contributed by atoms with E-state index in [2.05, 4.69) is 26.0 Å². The van der Waals surface area contributed by atoms with Crippen molar-refractivity contribution < 1.29 is 9.90 Å². The number of benzene rings is 1. The molecular formula is C16H21ClO2. The number of hydrogen-bond acceptors (Lipinski definition) is 1. The smallest absolute Gasteiger partial charge is 0.303 e. The lowest BCUT2D eigenvalue weighted by atomic mass is 9.88. The van der Waals surface area contributed by atoms with Crippen LogP contribution in [0.3, 0.4) is 0 Å². The van der Waals surface area contributed by atoms with Crippen molar-refractivity contribution in [3.63, 3.8) is 0 Å². The first kappa shape index (κ1) is 14.4. The van der Waals surface area contributed by atoms with Gasteiger partial charge in [-0.1, -0.05) is 37.6 Å². The summed E-state index contributed by atoms with van der Waals surface area (Å²) in [6.07, 6.45) is 3.55. The van der Waals surface area contributed by atoms with Gasteiger partial charge in [-0.3, -0.25) is 4.79 Å². The first-order valence-corrected chi connectivity index (χ1v) is 7.41. The molecule has 19 heavy (non-hydrogen) atoms. The van der Waals surface area contributed by atoms with Gasteiger partial charge >= 0.3 is 5.97 Å². The van der Waals surface area contributed by atoms with Gasteiger partial charge in [0.15, 0.2) is 0 Å². The number of hydrogen-bond donors (Lipinski definition) is 1. The molecule has 3 heteroatoms. The van der Waals surface area contributed by atoms with Crippen LogP contribution in [0.15, 0.2) is 18.2 Å². The Bertz CT molecular complexity index is 466. The Morgan fingerprint density at radius 3 is 2.63 bits per heavy atom. The Morgan fingerprint density at radius 1 is 1.47 bits per heavy atom. The first-order valence-electron chi connectivity index (χ1n) is 7.04. The topological polar surface area (TPSA) is 37.3 Å². The second-order valence-electron chi connectivity index (χ2n) is 5.63. The van der Waals surface area contributed by atoms with E-state index < -0.39 is 5.97 Å². The SMILES string of the molecule is CCC(C)c1ccc(C(CC(=O)O)C2CC2)cc1Cl. The van der Waals surface area contributed by atoms with Crippen LogP contribution in [0.1, 0.15) is 62.5 Å². The summed E-state index contributed by atoms with van der Waals surface area (Å²) in [6.45, 7) is 4.31. The monoisotopic (exact) mass is 280 g/mol. The maximum absolute atomic E-state index is 11.0. The maximum atomic E-state index is 11.0. The molecule has 0 heterocycles. The van der Waals surface area contributed by atoms with E-state index in [1.807, 2.05) is 6.07 Å². The molecule has 1 fully saturated rings. The van der Waals surface area contributed by atoms with Gasteiger partial charge < -0.3 is 5.11 Å². The van der Waals surface area contributed by atoms with E-state index in [1.54, 1.807) is 0 Å². The van der Waals surface area contributed by atoms with Crippen molar-refractivity contribution in [3.8, 4) is 0 Å². The fourth-order valence-electron chi connectivity index (χ4n) is 2.64. The molecule has 2 unspecified atom stereocenters. The highest BCUT2D eigenvalue weighted by molar-refractivity contribution is 6.31. The molecule has 1 aliphatic rings. The third-order valence-electron chi connectivity index (χ3n) is 4.18. The lowest BCUT2D eigenvalue weighted by Gasteiger charge is -2.18. The van der Waals surface area contributed by atoms with Gasteiger partial charge in [0.05, 0.1) is 6.42 Å². The molecule has 1 aromatic rings. The minimum atomic E-state index is -0.723. The van der Waals surface area contributed by atoms with Crippen LogP contribution in [0.2, 0.25) is 5.02 Å². The third kappa shape index (κ3) is 3.50. The standard InChI is InChI=1S/C16H21ClO2/c1-3-10(2)13-7-6-12(8-15(13)17)14(9-16(18)19)11-4-5-11/h6-8,10-11,14H,3-5,9H2,1-2H3,(H,18,19). The molecule has 0 radical (unpaired) electrons. The summed E-state index contributed by atoms with van der Waals surface area (Å²) in [5.74, 6) is 0.377. The minimum absolute atomic E-state index is 0.126. The lowest BCUT2D eigenvalue weighted by molar-refractivity contribution is -0.137. The van der Waals surface area contributed by atoms with Crippen molar-refractivity contribution >= 4 is 17.6 Å². The molecule has 104 valence electrons. The van der Waals surface area contributed by atoms with Crippen LogP contribution < -0.4 is 0 Å². The Morgan fingerprint density at radius 2 is 2.16 bits per heavy atom. The Balaban J connectivity index is 2.24. The fraction of sp³-hybridized carbons (Fsp3) is 0.562. The summed E-state index contributed by atoms with van der Waals surface area (Å²) >= 11 is 6.36. The van der Waals surface area contributed by atoms with Crippen LogP contribution in [0.5, 0.6) is 0 Å². The van der Waals surface area contributed by atoms with Gasteiger partial charge in [0, 0.05) is 5.02 Å². The van der Waals surface area contributed by atoms with Gasteiger partial charge in [-0.05, 0) is 54.2 Å². The molecule has 2 atom stereocenters. The summed E-state index contributed by atoms with van der Waals surface area (Å²) in [5.41, 5.74) is 2.25. The van der Waals surface area contributed by atoms with Crippen LogP contribution in [-0.4, -0.2) is 11.1 Å². The van der Waals surface area contributed by atoms with E-state index >= 15 is 0 Å². The zero-order valence-electron chi connectivity index (χ0n) is 11.5. The first-order chi connectivity index (χ1) is 9.02. The molecule has 0 amide bonds. The van der Waals surface area contributed by atoms with E-state index in [1.165, 1.54) is 0 Å². The van der Waals surface area contributed by atoms with Crippen molar-refractivity contribution in [2.75, 3.05) is 0 Å². The average Bonchev–Trinajstić information content (AvgIpc) is 3.19. The zero-order chi connectivity index (χ0) is 14.0. The summed E-state index contributed by atoms with van der Waals surface area (Å²) in [7, 11) is 0. The Kier molecular flexibility index (Phi) is 4.51. The highest BCUT2D eigenvalue weighted by Crippen LogP contribution is 2.45. The van der Waals surface area contributed by atoms with E-state index in [4.69, 9.17) is 16.7 Å². The highest BCUT2D eigenvalue weighted by Gasteiger charge is 2.34. The molecule has 2 rings (SSSR count). The Labute approximate surface area is 119 Å². The van der Waals surface area contributed by atoms with Crippen LogP contribution in [-0.2, 0) is 4.79 Å². The number of carbonyl (C=O) groups is 1. The second-order valence-corrected chi connectivity index (χ2v) is 6.04. The van der Waals surface area contributed by atoms with Gasteiger partial charge in [0.2, 0.25) is 0 Å². The van der Waals surface area contributed by atoms with Gasteiger partial charge in [-0.15, -0.1) is 0 Å². The molecule has 1 saturated carbocycles. The normalized spacial score (nSPS) is 18.1. The average molecular weight is 281 g/mol. The minimum Gasteiger partial charge on any atom is -0.481 e. The van der Waals surface area contributed by atoms with Crippen LogP contribution in [0.4, 0.5) is 0 Å². The second kappa shape index (κ2) is 5.96.